The maximum Gasteiger partial charge on any atom is 0.270 e. The zero-order chi connectivity index (χ0) is 13.8. The molecule has 1 rings (SSSR count). The molecule has 0 saturated heterocycles. The SMILES string of the molecule is CC(O)(CO)CNCc1cc(Br)cc([N+](=O)[O-])c1. The van der Waals surface area contributed by atoms with Crippen LogP contribution in [0.25, 0.3) is 0 Å². The van der Waals surface area contributed by atoms with Gasteiger partial charge in [-0.3, -0.25) is 10.1 Å². The first kappa shape index (κ1) is 15.0. The smallest absolute Gasteiger partial charge is 0.270 e. The highest BCUT2D eigenvalue weighted by Gasteiger charge is 2.18. The van der Waals surface area contributed by atoms with Crippen molar-refractivity contribution in [2.24, 2.45) is 0 Å². The van der Waals surface area contributed by atoms with Crippen LogP contribution in [0.5, 0.6) is 0 Å². The summed E-state index contributed by atoms with van der Waals surface area (Å²) in [6.07, 6.45) is 0. The van der Waals surface area contributed by atoms with Crippen molar-refractivity contribution in [1.29, 1.82) is 0 Å². The van der Waals surface area contributed by atoms with E-state index in [1.807, 2.05) is 0 Å². The van der Waals surface area contributed by atoms with Gasteiger partial charge in [0.15, 0.2) is 0 Å². The summed E-state index contributed by atoms with van der Waals surface area (Å²) in [6.45, 7) is 1.72. The lowest BCUT2D eigenvalue weighted by Crippen LogP contribution is -2.40. The van der Waals surface area contributed by atoms with Gasteiger partial charge in [-0.05, 0) is 18.6 Å². The van der Waals surface area contributed by atoms with Gasteiger partial charge in [0, 0.05) is 29.7 Å². The van der Waals surface area contributed by atoms with Crippen molar-refractivity contribution in [2.75, 3.05) is 13.2 Å². The average Bonchev–Trinajstić information content (AvgIpc) is 2.28. The fourth-order valence-electron chi connectivity index (χ4n) is 1.37. The van der Waals surface area contributed by atoms with Crippen LogP contribution in [0.1, 0.15) is 12.5 Å². The van der Waals surface area contributed by atoms with E-state index in [0.29, 0.717) is 11.0 Å². The van der Waals surface area contributed by atoms with Crippen LogP contribution >= 0.6 is 15.9 Å². The molecule has 0 aliphatic carbocycles. The molecule has 0 radical (unpaired) electrons. The summed E-state index contributed by atoms with van der Waals surface area (Å²) in [5.74, 6) is 0. The third-order valence-corrected chi connectivity index (χ3v) is 2.79. The summed E-state index contributed by atoms with van der Waals surface area (Å²) in [5, 5.41) is 32.0. The normalized spacial score (nSPS) is 14.2. The number of non-ortho nitro benzene ring substituents is 1. The number of benzene rings is 1. The Balaban J connectivity index is 2.65. The van der Waals surface area contributed by atoms with Gasteiger partial charge in [0.1, 0.15) is 0 Å². The number of nitrogens with zero attached hydrogens (tertiary/aromatic N) is 1. The maximum atomic E-state index is 10.7. The molecule has 1 aromatic rings. The fourth-order valence-corrected chi connectivity index (χ4v) is 1.90. The number of aliphatic hydroxyl groups is 2. The van der Waals surface area contributed by atoms with Gasteiger partial charge in [-0.1, -0.05) is 15.9 Å². The molecular weight excluding hydrogens is 304 g/mol. The molecule has 0 aromatic heterocycles. The molecule has 18 heavy (non-hydrogen) atoms. The molecule has 100 valence electrons. The summed E-state index contributed by atoms with van der Waals surface area (Å²) in [4.78, 5) is 10.2. The number of nitro benzene ring substituents is 1. The van der Waals surface area contributed by atoms with Crippen molar-refractivity contribution >= 4 is 21.6 Å². The lowest BCUT2D eigenvalue weighted by atomic mass is 10.1. The molecule has 0 aliphatic rings. The molecule has 0 saturated carbocycles. The highest BCUT2D eigenvalue weighted by molar-refractivity contribution is 9.10. The summed E-state index contributed by atoms with van der Waals surface area (Å²) < 4.78 is 0.627. The molecule has 1 atom stereocenters. The van der Waals surface area contributed by atoms with Gasteiger partial charge < -0.3 is 15.5 Å². The molecule has 3 N–H and O–H groups in total. The molecule has 0 heterocycles. The standard InChI is InChI=1S/C11H15BrN2O4/c1-11(16,7-15)6-13-5-8-2-9(12)4-10(3-8)14(17)18/h2-4,13,15-16H,5-7H2,1H3. The van der Waals surface area contributed by atoms with Gasteiger partial charge in [-0.15, -0.1) is 0 Å². The van der Waals surface area contributed by atoms with Crippen molar-refractivity contribution in [3.05, 3.63) is 38.3 Å². The lowest BCUT2D eigenvalue weighted by molar-refractivity contribution is -0.385. The second-order valence-electron chi connectivity index (χ2n) is 4.33. The van der Waals surface area contributed by atoms with E-state index in [4.69, 9.17) is 5.11 Å². The molecular formula is C11H15BrN2O4. The first-order valence-electron chi connectivity index (χ1n) is 5.32. The highest BCUT2D eigenvalue weighted by Crippen LogP contribution is 2.21. The van der Waals surface area contributed by atoms with Gasteiger partial charge in [-0.25, -0.2) is 0 Å². The zero-order valence-corrected chi connectivity index (χ0v) is 11.5. The molecule has 0 amide bonds. The number of hydrogen-bond donors (Lipinski definition) is 3. The Hall–Kier alpha value is -1.02. The summed E-state index contributed by atoms with van der Waals surface area (Å²) in [6, 6.07) is 4.65. The minimum absolute atomic E-state index is 0.00935. The van der Waals surface area contributed by atoms with E-state index < -0.39 is 10.5 Å². The lowest BCUT2D eigenvalue weighted by Gasteiger charge is -2.20. The minimum Gasteiger partial charge on any atom is -0.393 e. The van der Waals surface area contributed by atoms with Crippen molar-refractivity contribution < 1.29 is 15.1 Å². The Bertz CT molecular complexity index is 437. The van der Waals surface area contributed by atoms with E-state index in [-0.39, 0.29) is 18.8 Å². The van der Waals surface area contributed by atoms with E-state index in [1.165, 1.54) is 19.1 Å². The molecule has 1 aromatic carbocycles. The molecule has 0 spiro atoms. The number of hydrogen-bond acceptors (Lipinski definition) is 5. The summed E-state index contributed by atoms with van der Waals surface area (Å²) >= 11 is 3.20. The molecule has 0 aliphatic heterocycles. The van der Waals surface area contributed by atoms with Crippen molar-refractivity contribution in [3.63, 3.8) is 0 Å². The van der Waals surface area contributed by atoms with E-state index >= 15 is 0 Å². The first-order valence-corrected chi connectivity index (χ1v) is 6.11. The van der Waals surface area contributed by atoms with Crippen LogP contribution in [-0.4, -0.2) is 33.9 Å². The minimum atomic E-state index is -1.20. The third kappa shape index (κ3) is 4.69. The van der Waals surface area contributed by atoms with Gasteiger partial charge in [-0.2, -0.15) is 0 Å². The Morgan fingerprint density at radius 1 is 1.50 bits per heavy atom. The molecule has 0 bridgehead atoms. The van der Waals surface area contributed by atoms with Gasteiger partial charge in [0.2, 0.25) is 0 Å². The maximum absolute atomic E-state index is 10.7. The van der Waals surface area contributed by atoms with Crippen molar-refractivity contribution in [2.45, 2.75) is 19.1 Å². The van der Waals surface area contributed by atoms with Gasteiger partial charge in [0.05, 0.1) is 17.1 Å². The number of halogens is 1. The Morgan fingerprint density at radius 3 is 2.72 bits per heavy atom. The predicted octanol–water partition coefficient (Wildman–Crippen LogP) is 1.19. The summed E-state index contributed by atoms with van der Waals surface area (Å²) in [7, 11) is 0. The molecule has 1 unspecified atom stereocenters. The fraction of sp³-hybridized carbons (Fsp3) is 0.455. The zero-order valence-electron chi connectivity index (χ0n) is 9.89. The Morgan fingerprint density at radius 2 is 2.17 bits per heavy atom. The topological polar surface area (TPSA) is 95.6 Å². The number of nitro groups is 1. The van der Waals surface area contributed by atoms with Crippen LogP contribution in [0.2, 0.25) is 0 Å². The number of rotatable bonds is 6. The van der Waals surface area contributed by atoms with E-state index in [1.54, 1.807) is 6.07 Å². The van der Waals surface area contributed by atoms with Crippen LogP contribution in [0.15, 0.2) is 22.7 Å². The summed E-state index contributed by atoms with van der Waals surface area (Å²) in [5.41, 5.74) is -0.460. The van der Waals surface area contributed by atoms with E-state index in [0.717, 1.165) is 5.56 Å². The molecule has 6 nitrogen and oxygen atoms in total. The largest absolute Gasteiger partial charge is 0.393 e. The highest BCUT2D eigenvalue weighted by atomic mass is 79.9. The quantitative estimate of drug-likeness (QED) is 0.541. The molecule has 0 fully saturated rings. The van der Waals surface area contributed by atoms with Crippen LogP contribution in [0.4, 0.5) is 5.69 Å². The van der Waals surface area contributed by atoms with Crippen molar-refractivity contribution in [1.82, 2.24) is 5.32 Å². The van der Waals surface area contributed by atoms with Gasteiger partial charge >= 0.3 is 0 Å². The Labute approximate surface area is 113 Å². The average molecular weight is 319 g/mol. The predicted molar refractivity (Wildman–Crippen MR) is 70.2 cm³/mol. The van der Waals surface area contributed by atoms with Gasteiger partial charge in [0.25, 0.3) is 5.69 Å². The number of nitrogens with one attached hydrogen (secondary N) is 1. The second-order valence-corrected chi connectivity index (χ2v) is 5.25. The Kier molecular flexibility index (Phi) is 5.21. The van der Waals surface area contributed by atoms with E-state index in [2.05, 4.69) is 21.2 Å². The second kappa shape index (κ2) is 6.24. The van der Waals surface area contributed by atoms with Crippen LogP contribution in [0, 0.1) is 10.1 Å². The van der Waals surface area contributed by atoms with Crippen molar-refractivity contribution in [3.8, 4) is 0 Å². The third-order valence-electron chi connectivity index (χ3n) is 2.33. The monoisotopic (exact) mass is 318 g/mol. The van der Waals surface area contributed by atoms with Crippen LogP contribution < -0.4 is 5.32 Å². The van der Waals surface area contributed by atoms with E-state index in [9.17, 15) is 15.2 Å². The number of aliphatic hydroxyl groups excluding tert-OH is 1. The first-order chi connectivity index (χ1) is 8.34. The van der Waals surface area contributed by atoms with Crippen LogP contribution in [-0.2, 0) is 6.54 Å². The molecule has 7 heteroatoms. The van der Waals surface area contributed by atoms with Crippen LogP contribution in [0.3, 0.4) is 0 Å².